The quantitative estimate of drug-likeness (QED) is 0.630. The molecule has 0 aliphatic heterocycles. The van der Waals surface area contributed by atoms with Gasteiger partial charge in [-0.3, -0.25) is 14.6 Å². The molecule has 0 radical (unpaired) electrons. The lowest BCUT2D eigenvalue weighted by Crippen LogP contribution is -2.43. The van der Waals surface area contributed by atoms with Gasteiger partial charge in [-0.15, -0.1) is 0 Å². The predicted molar refractivity (Wildman–Crippen MR) is 78.6 cm³/mol. The van der Waals surface area contributed by atoms with Gasteiger partial charge in [0, 0.05) is 12.4 Å². The van der Waals surface area contributed by atoms with E-state index >= 15 is 0 Å². The number of amides is 2. The maximum atomic E-state index is 11.7. The second kappa shape index (κ2) is 9.33. The van der Waals surface area contributed by atoms with E-state index in [0.717, 1.165) is 5.75 Å². The maximum Gasteiger partial charge on any atom is 0.253 e. The first-order valence-corrected chi connectivity index (χ1v) is 7.64. The number of pyridine rings is 1. The van der Waals surface area contributed by atoms with Gasteiger partial charge in [0.2, 0.25) is 5.91 Å². The van der Waals surface area contributed by atoms with Crippen molar-refractivity contribution in [3.05, 3.63) is 30.1 Å². The van der Waals surface area contributed by atoms with Crippen molar-refractivity contribution in [2.75, 3.05) is 25.2 Å². The highest BCUT2D eigenvalue weighted by atomic mass is 32.2. The molecule has 1 heterocycles. The summed E-state index contributed by atoms with van der Waals surface area (Å²) >= 11 is 1.65. The molecular formula is C13H19N3O3S. The van der Waals surface area contributed by atoms with E-state index in [1.807, 2.05) is 6.26 Å². The highest BCUT2D eigenvalue weighted by Crippen LogP contribution is 2.00. The van der Waals surface area contributed by atoms with Crippen LogP contribution in [0.25, 0.3) is 0 Å². The zero-order chi connectivity index (χ0) is 14.8. The minimum absolute atomic E-state index is 0.108. The van der Waals surface area contributed by atoms with Crippen LogP contribution in [0.5, 0.6) is 0 Å². The van der Waals surface area contributed by atoms with Gasteiger partial charge in [0.15, 0.2) is 0 Å². The molecule has 1 aromatic rings. The molecule has 3 N–H and O–H groups in total. The molecule has 0 saturated heterocycles. The monoisotopic (exact) mass is 297 g/mol. The standard InChI is InChI=1S/C13H19N3O3S/c1-20-6-4-11(9-17)16-12(18)8-15-13(19)10-3-2-5-14-7-10/h2-3,5,7,11,17H,4,6,8-9H2,1H3,(H,15,19)(H,16,18). The van der Waals surface area contributed by atoms with E-state index in [1.54, 1.807) is 30.1 Å². The van der Waals surface area contributed by atoms with Crippen molar-refractivity contribution in [1.82, 2.24) is 15.6 Å². The van der Waals surface area contributed by atoms with Crippen molar-refractivity contribution in [3.8, 4) is 0 Å². The highest BCUT2D eigenvalue weighted by molar-refractivity contribution is 7.98. The Labute approximate surface area is 122 Å². The minimum Gasteiger partial charge on any atom is -0.394 e. The fourth-order valence-corrected chi connectivity index (χ4v) is 2.03. The summed E-state index contributed by atoms with van der Waals surface area (Å²) in [6.07, 6.45) is 5.66. The largest absolute Gasteiger partial charge is 0.394 e. The van der Waals surface area contributed by atoms with Gasteiger partial charge in [-0.1, -0.05) is 0 Å². The van der Waals surface area contributed by atoms with Crippen LogP contribution in [0.3, 0.4) is 0 Å². The minimum atomic E-state index is -0.349. The molecule has 110 valence electrons. The Hall–Kier alpha value is -1.60. The number of rotatable bonds is 8. The third-order valence-corrected chi connectivity index (χ3v) is 3.23. The van der Waals surface area contributed by atoms with Gasteiger partial charge >= 0.3 is 0 Å². The van der Waals surface area contributed by atoms with Gasteiger partial charge in [0.1, 0.15) is 0 Å². The Morgan fingerprint density at radius 2 is 2.30 bits per heavy atom. The first-order valence-electron chi connectivity index (χ1n) is 6.24. The van der Waals surface area contributed by atoms with Crippen molar-refractivity contribution >= 4 is 23.6 Å². The summed E-state index contributed by atoms with van der Waals surface area (Å²) in [7, 11) is 0. The molecule has 2 amide bonds. The molecule has 1 aromatic heterocycles. The SMILES string of the molecule is CSCCC(CO)NC(=O)CNC(=O)c1cccnc1. The van der Waals surface area contributed by atoms with E-state index in [9.17, 15) is 9.59 Å². The molecule has 0 fully saturated rings. The summed E-state index contributed by atoms with van der Waals surface area (Å²) in [6.45, 7) is -0.230. The smallest absolute Gasteiger partial charge is 0.253 e. The van der Waals surface area contributed by atoms with Crippen LogP contribution in [0.15, 0.2) is 24.5 Å². The van der Waals surface area contributed by atoms with Crippen LogP contribution < -0.4 is 10.6 Å². The lowest BCUT2D eigenvalue weighted by molar-refractivity contribution is -0.121. The molecule has 1 rings (SSSR count). The number of hydrogen-bond donors (Lipinski definition) is 3. The Balaban J connectivity index is 2.34. The molecule has 1 atom stereocenters. The molecule has 0 spiro atoms. The van der Waals surface area contributed by atoms with Gasteiger partial charge in [-0.05, 0) is 30.6 Å². The normalized spacial score (nSPS) is 11.7. The molecule has 0 aliphatic carbocycles. The van der Waals surface area contributed by atoms with Gasteiger partial charge in [0.05, 0.1) is 24.8 Å². The van der Waals surface area contributed by atoms with E-state index < -0.39 is 0 Å². The number of aliphatic hydroxyl groups is 1. The topological polar surface area (TPSA) is 91.3 Å². The zero-order valence-electron chi connectivity index (χ0n) is 11.3. The van der Waals surface area contributed by atoms with Crippen molar-refractivity contribution in [2.24, 2.45) is 0 Å². The molecular weight excluding hydrogens is 278 g/mol. The lowest BCUT2D eigenvalue weighted by Gasteiger charge is -2.15. The first kappa shape index (κ1) is 16.5. The molecule has 7 heteroatoms. The number of carbonyl (C=O) groups excluding carboxylic acids is 2. The Bertz CT molecular complexity index is 428. The summed E-state index contributed by atoms with van der Waals surface area (Å²) in [6, 6.07) is 3.00. The van der Waals surface area contributed by atoms with Crippen molar-refractivity contribution in [3.63, 3.8) is 0 Å². The van der Waals surface area contributed by atoms with Crippen LogP contribution in [0, 0.1) is 0 Å². The molecule has 1 unspecified atom stereocenters. The maximum absolute atomic E-state index is 11.7. The molecule has 0 saturated carbocycles. The second-order valence-electron chi connectivity index (χ2n) is 4.15. The van der Waals surface area contributed by atoms with Crippen LogP contribution >= 0.6 is 11.8 Å². The van der Waals surface area contributed by atoms with Crippen LogP contribution in [-0.4, -0.2) is 53.1 Å². The summed E-state index contributed by atoms with van der Waals surface area (Å²) in [4.78, 5) is 27.2. The third kappa shape index (κ3) is 6.03. The second-order valence-corrected chi connectivity index (χ2v) is 5.14. The lowest BCUT2D eigenvalue weighted by atomic mass is 10.2. The van der Waals surface area contributed by atoms with Gasteiger partial charge in [0.25, 0.3) is 5.91 Å². The third-order valence-electron chi connectivity index (χ3n) is 2.59. The summed E-state index contributed by atoms with van der Waals surface area (Å²) < 4.78 is 0. The molecule has 6 nitrogen and oxygen atoms in total. The van der Waals surface area contributed by atoms with Crippen LogP contribution in [0.1, 0.15) is 16.8 Å². The van der Waals surface area contributed by atoms with Crippen molar-refractivity contribution in [2.45, 2.75) is 12.5 Å². The van der Waals surface area contributed by atoms with Crippen LogP contribution in [-0.2, 0) is 4.79 Å². The van der Waals surface area contributed by atoms with Gasteiger partial charge in [-0.2, -0.15) is 11.8 Å². The number of carbonyl (C=O) groups is 2. The summed E-state index contributed by atoms with van der Waals surface area (Å²) in [5.74, 6) is 0.188. The van der Waals surface area contributed by atoms with E-state index in [2.05, 4.69) is 15.6 Å². The van der Waals surface area contributed by atoms with E-state index in [-0.39, 0.29) is 31.0 Å². The molecule has 0 aromatic carbocycles. The Kier molecular flexibility index (Phi) is 7.67. The average Bonchev–Trinajstić information content (AvgIpc) is 2.49. The number of aliphatic hydroxyl groups excluding tert-OH is 1. The van der Waals surface area contributed by atoms with E-state index in [0.29, 0.717) is 12.0 Å². The summed E-state index contributed by atoms with van der Waals surface area (Å²) in [5.41, 5.74) is 0.404. The summed E-state index contributed by atoms with van der Waals surface area (Å²) in [5, 5.41) is 14.3. The Morgan fingerprint density at radius 3 is 2.90 bits per heavy atom. The highest BCUT2D eigenvalue weighted by Gasteiger charge is 2.12. The number of nitrogens with zero attached hydrogens (tertiary/aromatic N) is 1. The predicted octanol–water partition coefficient (Wildman–Crippen LogP) is 0.0416. The molecule has 20 heavy (non-hydrogen) atoms. The number of aromatic nitrogens is 1. The van der Waals surface area contributed by atoms with E-state index in [1.165, 1.54) is 6.20 Å². The first-order chi connectivity index (χ1) is 9.67. The van der Waals surface area contributed by atoms with Crippen LogP contribution in [0.2, 0.25) is 0 Å². The number of nitrogens with one attached hydrogen (secondary N) is 2. The average molecular weight is 297 g/mol. The number of hydrogen-bond acceptors (Lipinski definition) is 5. The zero-order valence-corrected chi connectivity index (χ0v) is 12.2. The fourth-order valence-electron chi connectivity index (χ4n) is 1.51. The van der Waals surface area contributed by atoms with Crippen molar-refractivity contribution < 1.29 is 14.7 Å². The Morgan fingerprint density at radius 1 is 1.50 bits per heavy atom. The van der Waals surface area contributed by atoms with Gasteiger partial charge < -0.3 is 15.7 Å². The van der Waals surface area contributed by atoms with E-state index in [4.69, 9.17) is 5.11 Å². The van der Waals surface area contributed by atoms with Crippen molar-refractivity contribution in [1.29, 1.82) is 0 Å². The fraction of sp³-hybridized carbons (Fsp3) is 0.462. The molecule has 0 bridgehead atoms. The molecule has 0 aliphatic rings. The number of thioether (sulfide) groups is 1. The van der Waals surface area contributed by atoms with Crippen LogP contribution in [0.4, 0.5) is 0 Å². The van der Waals surface area contributed by atoms with Gasteiger partial charge in [-0.25, -0.2) is 0 Å².